The van der Waals surface area contributed by atoms with Gasteiger partial charge in [-0.25, -0.2) is 0 Å². The van der Waals surface area contributed by atoms with Crippen LogP contribution in [-0.2, 0) is 0 Å². The van der Waals surface area contributed by atoms with Crippen molar-refractivity contribution in [3.8, 4) is 44.5 Å². The summed E-state index contributed by atoms with van der Waals surface area (Å²) in [7, 11) is 0. The van der Waals surface area contributed by atoms with E-state index in [0.29, 0.717) is 0 Å². The van der Waals surface area contributed by atoms with Crippen LogP contribution in [0.25, 0.3) is 88.0 Å². The van der Waals surface area contributed by atoms with E-state index in [0.717, 1.165) is 50.1 Å². The zero-order valence-electron chi connectivity index (χ0n) is 31.7. The van der Waals surface area contributed by atoms with Crippen LogP contribution in [0.5, 0.6) is 0 Å². The maximum Gasteiger partial charge on any atom is 0.135 e. The molecule has 2 heteroatoms. The number of benzene rings is 10. The van der Waals surface area contributed by atoms with E-state index in [2.05, 4.69) is 229 Å². The van der Waals surface area contributed by atoms with Crippen LogP contribution in [0.1, 0.15) is 0 Å². The first-order valence-electron chi connectivity index (χ1n) is 19.8. The number of anilines is 3. The van der Waals surface area contributed by atoms with Gasteiger partial charge in [-0.1, -0.05) is 158 Å². The van der Waals surface area contributed by atoms with E-state index in [1.54, 1.807) is 0 Å². The third kappa shape index (κ3) is 6.09. The molecule has 10 aromatic carbocycles. The molecule has 1 aromatic heterocycles. The van der Waals surface area contributed by atoms with E-state index in [1.165, 1.54) is 54.9 Å². The minimum absolute atomic E-state index is 0.889. The highest BCUT2D eigenvalue weighted by molar-refractivity contribution is 6.09. The number of hydrogen-bond acceptors (Lipinski definition) is 2. The summed E-state index contributed by atoms with van der Waals surface area (Å²) in [4.78, 5) is 2.36. The lowest BCUT2D eigenvalue weighted by atomic mass is 9.97. The van der Waals surface area contributed by atoms with Crippen molar-refractivity contribution in [3.63, 3.8) is 0 Å². The van der Waals surface area contributed by atoms with Crippen molar-refractivity contribution < 1.29 is 4.42 Å². The lowest BCUT2D eigenvalue weighted by Crippen LogP contribution is -2.09. The van der Waals surface area contributed by atoms with Gasteiger partial charge in [0.15, 0.2) is 0 Å². The third-order valence-corrected chi connectivity index (χ3v) is 11.5. The Labute approximate surface area is 337 Å². The molecule has 0 amide bonds. The fourth-order valence-corrected chi connectivity index (χ4v) is 8.47. The van der Waals surface area contributed by atoms with Crippen molar-refractivity contribution in [1.29, 1.82) is 0 Å². The second-order valence-electron chi connectivity index (χ2n) is 15.0. The van der Waals surface area contributed by atoms with Gasteiger partial charge in [-0.2, -0.15) is 0 Å². The van der Waals surface area contributed by atoms with E-state index >= 15 is 0 Å². The van der Waals surface area contributed by atoms with Gasteiger partial charge in [0.05, 0.1) is 0 Å². The van der Waals surface area contributed by atoms with Crippen molar-refractivity contribution >= 4 is 60.5 Å². The van der Waals surface area contributed by atoms with E-state index in [1.807, 2.05) is 0 Å². The molecule has 0 saturated heterocycles. The predicted molar refractivity (Wildman–Crippen MR) is 245 cm³/mol. The highest BCUT2D eigenvalue weighted by Gasteiger charge is 2.16. The molecule has 0 atom stereocenters. The van der Waals surface area contributed by atoms with Gasteiger partial charge in [0.2, 0.25) is 0 Å². The zero-order chi connectivity index (χ0) is 38.4. The number of rotatable bonds is 7. The summed E-state index contributed by atoms with van der Waals surface area (Å²) in [6.07, 6.45) is 0. The average molecular weight is 740 g/mol. The molecule has 0 radical (unpaired) electrons. The monoisotopic (exact) mass is 739 g/mol. The topological polar surface area (TPSA) is 16.4 Å². The minimum atomic E-state index is 0.889. The number of hydrogen-bond donors (Lipinski definition) is 0. The Hall–Kier alpha value is -7.68. The Morgan fingerprint density at radius 2 is 0.672 bits per heavy atom. The molecule has 0 N–H and O–H groups in total. The Kier molecular flexibility index (Phi) is 8.19. The number of nitrogens with zero attached hydrogens (tertiary/aromatic N) is 1. The van der Waals surface area contributed by atoms with Crippen LogP contribution in [-0.4, -0.2) is 0 Å². The second kappa shape index (κ2) is 14.1. The van der Waals surface area contributed by atoms with Gasteiger partial charge in [0, 0.05) is 27.8 Å². The molecule has 1 heterocycles. The molecule has 0 aliphatic heterocycles. The SMILES string of the molecule is c1ccc(-c2ccc(N(c3ccc(-c4ccc5oc6ccc(-c7cccc(-c8ccccc8)c7)cc6c5c4)cc3)c3ccc4c(ccc5ccccc54)c3)cc2)cc1. The Morgan fingerprint density at radius 3 is 1.33 bits per heavy atom. The van der Waals surface area contributed by atoms with Crippen LogP contribution in [0.3, 0.4) is 0 Å². The third-order valence-electron chi connectivity index (χ3n) is 11.5. The predicted octanol–water partition coefficient (Wildman–Crippen LogP) is 16.0. The molecule has 0 unspecified atom stereocenters. The Balaban J connectivity index is 0.964. The van der Waals surface area contributed by atoms with Crippen LogP contribution in [0, 0.1) is 0 Å². The molecule has 0 saturated carbocycles. The fraction of sp³-hybridized carbons (Fsp3) is 0. The van der Waals surface area contributed by atoms with Gasteiger partial charge in [-0.05, 0) is 133 Å². The first-order chi connectivity index (χ1) is 28.7. The molecule has 0 fully saturated rings. The van der Waals surface area contributed by atoms with Crippen molar-refractivity contribution in [2.24, 2.45) is 0 Å². The molecular weight excluding hydrogens is 703 g/mol. The summed E-state index contributed by atoms with van der Waals surface area (Å²) >= 11 is 0. The molecule has 0 aliphatic carbocycles. The Bertz CT molecular complexity index is 3250. The molecule has 272 valence electrons. The molecule has 0 bridgehead atoms. The largest absolute Gasteiger partial charge is 0.456 e. The molecular formula is C56H37NO. The average Bonchev–Trinajstić information content (AvgIpc) is 3.67. The van der Waals surface area contributed by atoms with Gasteiger partial charge in [-0.3, -0.25) is 0 Å². The summed E-state index contributed by atoms with van der Waals surface area (Å²) in [6, 6.07) is 80.7. The molecule has 0 aliphatic rings. The summed E-state index contributed by atoms with van der Waals surface area (Å²) in [5, 5.41) is 7.22. The smallest absolute Gasteiger partial charge is 0.135 e. The number of furan rings is 1. The normalized spacial score (nSPS) is 11.4. The van der Waals surface area contributed by atoms with Gasteiger partial charge in [0.1, 0.15) is 11.2 Å². The van der Waals surface area contributed by atoms with Crippen LogP contribution in [0.15, 0.2) is 229 Å². The summed E-state index contributed by atoms with van der Waals surface area (Å²) in [6.45, 7) is 0. The lowest BCUT2D eigenvalue weighted by Gasteiger charge is -2.26. The van der Waals surface area contributed by atoms with Gasteiger partial charge in [0.25, 0.3) is 0 Å². The molecule has 0 spiro atoms. The molecule has 2 nitrogen and oxygen atoms in total. The summed E-state index contributed by atoms with van der Waals surface area (Å²) in [5.74, 6) is 0. The molecule has 58 heavy (non-hydrogen) atoms. The first kappa shape index (κ1) is 33.6. The first-order valence-corrected chi connectivity index (χ1v) is 19.8. The minimum Gasteiger partial charge on any atom is -0.456 e. The summed E-state index contributed by atoms with van der Waals surface area (Å²) < 4.78 is 6.36. The van der Waals surface area contributed by atoms with Gasteiger partial charge in [-0.15, -0.1) is 0 Å². The molecule has 11 aromatic rings. The molecule has 11 rings (SSSR count). The van der Waals surface area contributed by atoms with E-state index in [4.69, 9.17) is 4.42 Å². The highest BCUT2D eigenvalue weighted by atomic mass is 16.3. The van der Waals surface area contributed by atoms with Gasteiger partial charge >= 0.3 is 0 Å². The van der Waals surface area contributed by atoms with Crippen molar-refractivity contribution in [2.75, 3.05) is 4.90 Å². The lowest BCUT2D eigenvalue weighted by molar-refractivity contribution is 0.669. The van der Waals surface area contributed by atoms with Crippen molar-refractivity contribution in [2.45, 2.75) is 0 Å². The highest BCUT2D eigenvalue weighted by Crippen LogP contribution is 2.40. The quantitative estimate of drug-likeness (QED) is 0.151. The van der Waals surface area contributed by atoms with Crippen LogP contribution in [0.4, 0.5) is 17.1 Å². The maximum absolute atomic E-state index is 6.36. The second-order valence-corrected chi connectivity index (χ2v) is 15.0. The van der Waals surface area contributed by atoms with E-state index in [-0.39, 0.29) is 0 Å². The summed E-state index contributed by atoms with van der Waals surface area (Å²) in [5.41, 5.74) is 14.6. The van der Waals surface area contributed by atoms with E-state index in [9.17, 15) is 0 Å². The van der Waals surface area contributed by atoms with Crippen molar-refractivity contribution in [3.05, 3.63) is 224 Å². The van der Waals surface area contributed by atoms with Crippen LogP contribution < -0.4 is 4.90 Å². The van der Waals surface area contributed by atoms with Crippen LogP contribution in [0.2, 0.25) is 0 Å². The standard InChI is InChI=1S/C56H37NO/c1-3-10-38(11-4-1)40-20-26-48(27-21-40)57(50-30-31-52-47(35-50)19-18-42-14-7-8-17-51(42)52)49-28-22-41(23-29-49)45-24-32-55-53(36-45)54-37-46(25-33-56(54)58-55)44-16-9-15-43(34-44)39-12-5-2-6-13-39/h1-37H. The van der Waals surface area contributed by atoms with E-state index < -0.39 is 0 Å². The van der Waals surface area contributed by atoms with Gasteiger partial charge < -0.3 is 9.32 Å². The maximum atomic E-state index is 6.36. The zero-order valence-corrected chi connectivity index (χ0v) is 31.7. The van der Waals surface area contributed by atoms with Crippen LogP contribution >= 0.6 is 0 Å². The fourth-order valence-electron chi connectivity index (χ4n) is 8.47. The Morgan fingerprint density at radius 1 is 0.241 bits per heavy atom. The van der Waals surface area contributed by atoms with Crippen molar-refractivity contribution in [1.82, 2.24) is 0 Å². The number of fused-ring (bicyclic) bond motifs is 6.